The molecular weight excluding hydrogens is 244 g/mol. The largest absolute Gasteiger partial charge is 0.325 e. The lowest BCUT2D eigenvalue weighted by Crippen LogP contribution is -2.41. The summed E-state index contributed by atoms with van der Waals surface area (Å²) in [4.78, 5) is 35.1. The third kappa shape index (κ3) is 1.17. The van der Waals surface area contributed by atoms with Gasteiger partial charge < -0.3 is 5.32 Å². The molecule has 86 valence electrons. The van der Waals surface area contributed by atoms with E-state index in [1.54, 1.807) is 18.2 Å². The summed E-state index contributed by atoms with van der Waals surface area (Å²) < 4.78 is 0. The van der Waals surface area contributed by atoms with Crippen molar-refractivity contribution in [1.29, 1.82) is 0 Å². The minimum Gasteiger partial charge on any atom is -0.325 e. The maximum Gasteiger partial charge on any atom is 0.247 e. The van der Waals surface area contributed by atoms with E-state index in [2.05, 4.69) is 10.6 Å². The first-order valence-electron chi connectivity index (χ1n) is 5.00. The molecule has 3 rings (SSSR count). The lowest BCUT2D eigenvalue weighted by Gasteiger charge is -2.16. The fraction of sp³-hybridized carbons (Fsp3) is 0.182. The summed E-state index contributed by atoms with van der Waals surface area (Å²) in [6, 6.07) is 4.79. The first-order valence-corrected chi connectivity index (χ1v) is 5.37. The number of amides is 3. The van der Waals surface area contributed by atoms with Crippen LogP contribution in [0.4, 0.5) is 5.69 Å². The fourth-order valence-corrected chi connectivity index (χ4v) is 2.50. The summed E-state index contributed by atoms with van der Waals surface area (Å²) in [6.07, 6.45) is -0.162. The lowest BCUT2D eigenvalue weighted by atomic mass is 9.80. The zero-order valence-corrected chi connectivity index (χ0v) is 9.30. The molecule has 1 aromatic rings. The van der Waals surface area contributed by atoms with Gasteiger partial charge in [0.25, 0.3) is 0 Å². The molecule has 1 saturated heterocycles. The molecule has 2 aliphatic heterocycles. The van der Waals surface area contributed by atoms with E-state index in [-0.39, 0.29) is 6.42 Å². The number of fused-ring (bicyclic) bond motifs is 2. The van der Waals surface area contributed by atoms with Crippen molar-refractivity contribution in [3.63, 3.8) is 0 Å². The number of benzene rings is 1. The Morgan fingerprint density at radius 2 is 1.82 bits per heavy atom. The van der Waals surface area contributed by atoms with E-state index in [9.17, 15) is 14.4 Å². The zero-order chi connectivity index (χ0) is 12.2. The molecular formula is C11H7ClN2O3. The Hall–Kier alpha value is -1.88. The van der Waals surface area contributed by atoms with Crippen molar-refractivity contribution in [2.24, 2.45) is 0 Å². The van der Waals surface area contributed by atoms with Gasteiger partial charge in [-0.25, -0.2) is 0 Å². The minimum atomic E-state index is -1.43. The van der Waals surface area contributed by atoms with Gasteiger partial charge in [-0.1, -0.05) is 11.6 Å². The van der Waals surface area contributed by atoms with Crippen LogP contribution < -0.4 is 10.6 Å². The van der Waals surface area contributed by atoms with Crippen LogP contribution in [-0.4, -0.2) is 17.7 Å². The number of imide groups is 1. The van der Waals surface area contributed by atoms with Crippen LogP contribution in [0.5, 0.6) is 0 Å². The Morgan fingerprint density at radius 3 is 2.47 bits per heavy atom. The molecule has 2 aliphatic rings. The van der Waals surface area contributed by atoms with E-state index in [0.29, 0.717) is 16.3 Å². The average Bonchev–Trinajstić information content (AvgIpc) is 2.70. The summed E-state index contributed by atoms with van der Waals surface area (Å²) in [5.41, 5.74) is -0.431. The van der Waals surface area contributed by atoms with Gasteiger partial charge in [0.05, 0.1) is 6.42 Å². The van der Waals surface area contributed by atoms with E-state index >= 15 is 0 Å². The number of rotatable bonds is 0. The van der Waals surface area contributed by atoms with E-state index in [1.165, 1.54) is 0 Å². The smallest absolute Gasteiger partial charge is 0.247 e. The SMILES string of the molecule is O=C1CC2(C(=O)N1)C(=O)Nc1ccc(Cl)cc12. The second-order valence-corrected chi connectivity index (χ2v) is 4.54. The van der Waals surface area contributed by atoms with Crippen molar-refractivity contribution in [3.8, 4) is 0 Å². The molecule has 2 heterocycles. The van der Waals surface area contributed by atoms with E-state index in [4.69, 9.17) is 11.6 Å². The Bertz CT molecular complexity index is 584. The molecule has 5 nitrogen and oxygen atoms in total. The molecule has 0 radical (unpaired) electrons. The van der Waals surface area contributed by atoms with Gasteiger partial charge in [0.15, 0.2) is 5.41 Å². The Balaban J connectivity index is 2.26. The van der Waals surface area contributed by atoms with Crippen LogP contribution in [0, 0.1) is 0 Å². The van der Waals surface area contributed by atoms with Crippen LogP contribution in [-0.2, 0) is 19.8 Å². The molecule has 1 fully saturated rings. The zero-order valence-electron chi connectivity index (χ0n) is 8.54. The van der Waals surface area contributed by atoms with Gasteiger partial charge in [-0.05, 0) is 18.2 Å². The predicted molar refractivity (Wildman–Crippen MR) is 59.5 cm³/mol. The Labute approximate surface area is 101 Å². The molecule has 0 aliphatic carbocycles. The van der Waals surface area contributed by atoms with Gasteiger partial charge in [0.1, 0.15) is 0 Å². The Kier molecular flexibility index (Phi) is 1.86. The predicted octanol–water partition coefficient (Wildman–Crippen LogP) is 0.576. The quantitative estimate of drug-likeness (QED) is 0.522. The maximum absolute atomic E-state index is 12.0. The molecule has 1 spiro atoms. The number of carbonyl (C=O) groups excluding carboxylic acids is 3. The highest BCUT2D eigenvalue weighted by atomic mass is 35.5. The van der Waals surface area contributed by atoms with Gasteiger partial charge >= 0.3 is 0 Å². The van der Waals surface area contributed by atoms with Crippen LogP contribution >= 0.6 is 11.6 Å². The average molecular weight is 251 g/mol. The molecule has 1 aromatic carbocycles. The van der Waals surface area contributed by atoms with Crippen molar-refractivity contribution in [2.45, 2.75) is 11.8 Å². The minimum absolute atomic E-state index is 0.162. The van der Waals surface area contributed by atoms with Gasteiger partial charge in [-0.15, -0.1) is 0 Å². The van der Waals surface area contributed by atoms with E-state index in [1.807, 2.05) is 0 Å². The molecule has 0 bridgehead atoms. The first kappa shape index (κ1) is 10.3. The van der Waals surface area contributed by atoms with Crippen molar-refractivity contribution in [1.82, 2.24) is 5.32 Å². The van der Waals surface area contributed by atoms with Crippen LogP contribution in [0.1, 0.15) is 12.0 Å². The second-order valence-electron chi connectivity index (χ2n) is 4.10. The molecule has 6 heteroatoms. The maximum atomic E-state index is 12.0. The van der Waals surface area contributed by atoms with Crippen molar-refractivity contribution < 1.29 is 14.4 Å². The topological polar surface area (TPSA) is 75.3 Å². The third-order valence-electron chi connectivity index (χ3n) is 3.14. The molecule has 0 saturated carbocycles. The summed E-state index contributed by atoms with van der Waals surface area (Å²) in [7, 11) is 0. The highest BCUT2D eigenvalue weighted by Gasteiger charge is 2.58. The van der Waals surface area contributed by atoms with Crippen molar-refractivity contribution >= 4 is 35.0 Å². The number of hydrogen-bond acceptors (Lipinski definition) is 3. The van der Waals surface area contributed by atoms with Gasteiger partial charge in [-0.2, -0.15) is 0 Å². The molecule has 17 heavy (non-hydrogen) atoms. The fourth-order valence-electron chi connectivity index (χ4n) is 2.33. The van der Waals surface area contributed by atoms with Crippen LogP contribution in [0.25, 0.3) is 0 Å². The van der Waals surface area contributed by atoms with E-state index in [0.717, 1.165) is 0 Å². The number of anilines is 1. The van der Waals surface area contributed by atoms with Crippen molar-refractivity contribution in [2.75, 3.05) is 5.32 Å². The van der Waals surface area contributed by atoms with Crippen molar-refractivity contribution in [3.05, 3.63) is 28.8 Å². The normalized spacial score (nSPS) is 26.1. The monoisotopic (exact) mass is 250 g/mol. The number of carbonyl (C=O) groups is 3. The van der Waals surface area contributed by atoms with Gasteiger partial charge in [0, 0.05) is 16.3 Å². The summed E-state index contributed by atoms with van der Waals surface area (Å²) in [6.45, 7) is 0. The summed E-state index contributed by atoms with van der Waals surface area (Å²) in [5, 5.41) is 5.18. The van der Waals surface area contributed by atoms with Gasteiger partial charge in [0.2, 0.25) is 17.7 Å². The molecule has 1 atom stereocenters. The van der Waals surface area contributed by atoms with E-state index < -0.39 is 23.1 Å². The molecule has 1 unspecified atom stereocenters. The summed E-state index contributed by atoms with van der Waals surface area (Å²) >= 11 is 5.86. The third-order valence-corrected chi connectivity index (χ3v) is 3.38. The highest BCUT2D eigenvalue weighted by Crippen LogP contribution is 2.43. The number of nitrogens with one attached hydrogen (secondary N) is 2. The molecule has 3 amide bonds. The molecule has 2 N–H and O–H groups in total. The highest BCUT2D eigenvalue weighted by molar-refractivity contribution is 6.32. The Morgan fingerprint density at radius 1 is 1.12 bits per heavy atom. The van der Waals surface area contributed by atoms with Crippen LogP contribution in [0.3, 0.4) is 0 Å². The summed E-state index contributed by atoms with van der Waals surface area (Å²) in [5.74, 6) is -1.50. The van der Waals surface area contributed by atoms with Crippen LogP contribution in [0.2, 0.25) is 5.02 Å². The standard InChI is InChI=1S/C11H7ClN2O3/c12-5-1-2-7-6(3-5)11(9(16)13-7)4-8(15)14-10(11)17/h1-3H,4H2,(H,13,16)(H,14,15,17). The second kappa shape index (κ2) is 3.07. The number of halogens is 1. The number of hydrogen-bond donors (Lipinski definition) is 2. The molecule has 0 aromatic heterocycles. The first-order chi connectivity index (χ1) is 8.04. The lowest BCUT2D eigenvalue weighted by molar-refractivity contribution is -0.131. The van der Waals surface area contributed by atoms with Crippen LogP contribution in [0.15, 0.2) is 18.2 Å². The van der Waals surface area contributed by atoms with Gasteiger partial charge in [-0.3, -0.25) is 19.7 Å².